The average molecular weight is 327 g/mol. The van der Waals surface area contributed by atoms with Gasteiger partial charge in [-0.25, -0.2) is 4.98 Å². The van der Waals surface area contributed by atoms with Gasteiger partial charge in [-0.2, -0.15) is 0 Å². The van der Waals surface area contributed by atoms with Crippen LogP contribution in [0.5, 0.6) is 5.75 Å². The van der Waals surface area contributed by atoms with Crippen LogP contribution in [-0.2, 0) is 6.42 Å². The molecule has 1 aromatic carbocycles. The van der Waals surface area contributed by atoms with Crippen molar-refractivity contribution in [3.8, 4) is 5.75 Å². The van der Waals surface area contributed by atoms with Crippen LogP contribution in [0.4, 0.5) is 5.82 Å². The minimum absolute atomic E-state index is 0.105. The highest BCUT2D eigenvalue weighted by Gasteiger charge is 2.06. The smallest absolute Gasteiger partial charge is 0.252 e. The number of hydrogen-bond donors (Lipinski definition) is 2. The molecule has 1 heterocycles. The Morgan fingerprint density at radius 1 is 1.21 bits per heavy atom. The molecule has 0 fully saturated rings. The number of nitrogens with zero attached hydrogens (tertiary/aromatic N) is 1. The zero-order chi connectivity index (χ0) is 17.4. The second-order valence-corrected chi connectivity index (χ2v) is 5.74. The number of benzene rings is 1. The number of amides is 1. The SMILES string of the molecule is CCC(C)Nc1ccc(C(=O)NCCc2ccc(OC)cc2)cn1. The maximum absolute atomic E-state index is 12.1. The summed E-state index contributed by atoms with van der Waals surface area (Å²) in [7, 11) is 1.65. The Bertz CT molecular complexity index is 639. The van der Waals surface area contributed by atoms with E-state index in [1.807, 2.05) is 30.3 Å². The van der Waals surface area contributed by atoms with Crippen molar-refractivity contribution in [1.29, 1.82) is 0 Å². The lowest BCUT2D eigenvalue weighted by atomic mass is 10.1. The summed E-state index contributed by atoms with van der Waals surface area (Å²) in [5.74, 6) is 1.52. The standard InChI is InChI=1S/C19H25N3O2/c1-4-14(2)22-18-10-7-16(13-21-18)19(23)20-12-11-15-5-8-17(24-3)9-6-15/h5-10,13-14H,4,11-12H2,1-3H3,(H,20,23)(H,21,22). The molecule has 128 valence electrons. The molecule has 1 aromatic heterocycles. The molecule has 0 aliphatic heterocycles. The fourth-order valence-electron chi connectivity index (χ4n) is 2.18. The molecule has 2 aromatic rings. The lowest BCUT2D eigenvalue weighted by Gasteiger charge is -2.12. The van der Waals surface area contributed by atoms with Gasteiger partial charge in [0.15, 0.2) is 0 Å². The quantitative estimate of drug-likeness (QED) is 0.781. The van der Waals surface area contributed by atoms with E-state index in [0.717, 1.165) is 30.0 Å². The van der Waals surface area contributed by atoms with E-state index in [-0.39, 0.29) is 5.91 Å². The van der Waals surface area contributed by atoms with Gasteiger partial charge in [0.25, 0.3) is 5.91 Å². The topological polar surface area (TPSA) is 63.2 Å². The van der Waals surface area contributed by atoms with Gasteiger partial charge < -0.3 is 15.4 Å². The molecule has 0 aliphatic rings. The lowest BCUT2D eigenvalue weighted by Crippen LogP contribution is -2.26. The van der Waals surface area contributed by atoms with Gasteiger partial charge in [-0.1, -0.05) is 19.1 Å². The second-order valence-electron chi connectivity index (χ2n) is 5.74. The molecule has 24 heavy (non-hydrogen) atoms. The number of hydrogen-bond acceptors (Lipinski definition) is 4. The normalized spacial score (nSPS) is 11.6. The van der Waals surface area contributed by atoms with Crippen LogP contribution in [0.25, 0.3) is 0 Å². The van der Waals surface area contributed by atoms with Gasteiger partial charge in [0, 0.05) is 18.8 Å². The molecule has 5 heteroatoms. The molecular formula is C19H25N3O2. The van der Waals surface area contributed by atoms with Gasteiger partial charge in [-0.05, 0) is 49.6 Å². The molecule has 1 unspecified atom stereocenters. The van der Waals surface area contributed by atoms with E-state index in [1.54, 1.807) is 19.4 Å². The third kappa shape index (κ3) is 5.26. The summed E-state index contributed by atoms with van der Waals surface area (Å²) in [4.78, 5) is 16.4. The Balaban J connectivity index is 1.81. The number of aromatic nitrogens is 1. The Labute approximate surface area is 143 Å². The number of rotatable bonds is 8. The van der Waals surface area contributed by atoms with Crippen LogP contribution in [0.1, 0.15) is 36.2 Å². The Morgan fingerprint density at radius 3 is 2.54 bits per heavy atom. The Kier molecular flexibility index (Phi) is 6.61. The number of nitrogens with one attached hydrogen (secondary N) is 2. The van der Waals surface area contributed by atoms with Crippen LogP contribution in [0, 0.1) is 0 Å². The van der Waals surface area contributed by atoms with Crippen LogP contribution < -0.4 is 15.4 Å². The summed E-state index contributed by atoms with van der Waals surface area (Å²) >= 11 is 0. The van der Waals surface area contributed by atoms with E-state index in [9.17, 15) is 4.79 Å². The van der Waals surface area contributed by atoms with Crippen molar-refractivity contribution >= 4 is 11.7 Å². The molecule has 5 nitrogen and oxygen atoms in total. The minimum atomic E-state index is -0.105. The monoisotopic (exact) mass is 327 g/mol. The van der Waals surface area contributed by atoms with Gasteiger partial charge in [-0.15, -0.1) is 0 Å². The van der Waals surface area contributed by atoms with Crippen LogP contribution in [0.3, 0.4) is 0 Å². The van der Waals surface area contributed by atoms with Gasteiger partial charge in [0.05, 0.1) is 12.7 Å². The average Bonchev–Trinajstić information content (AvgIpc) is 2.62. The molecule has 0 saturated carbocycles. The summed E-state index contributed by atoms with van der Waals surface area (Å²) in [6.07, 6.45) is 3.40. The first-order valence-electron chi connectivity index (χ1n) is 8.26. The molecule has 2 N–H and O–H groups in total. The van der Waals surface area contributed by atoms with Crippen molar-refractivity contribution in [2.45, 2.75) is 32.7 Å². The number of methoxy groups -OCH3 is 1. The molecule has 0 radical (unpaired) electrons. The Hall–Kier alpha value is -2.56. The van der Waals surface area contributed by atoms with Crippen molar-refractivity contribution in [3.05, 3.63) is 53.7 Å². The summed E-state index contributed by atoms with van der Waals surface area (Å²) in [6.45, 7) is 4.79. The molecule has 0 saturated heterocycles. The first kappa shape index (κ1) is 17.8. The predicted molar refractivity (Wildman–Crippen MR) is 96.6 cm³/mol. The Morgan fingerprint density at radius 2 is 1.96 bits per heavy atom. The molecule has 2 rings (SSSR count). The van der Waals surface area contributed by atoms with Crippen LogP contribution in [0.2, 0.25) is 0 Å². The summed E-state index contributed by atoms with van der Waals surface area (Å²) in [6, 6.07) is 11.8. The third-order valence-corrected chi connectivity index (χ3v) is 3.89. The number of ether oxygens (including phenoxy) is 1. The molecule has 1 amide bonds. The fraction of sp³-hybridized carbons (Fsp3) is 0.368. The highest BCUT2D eigenvalue weighted by molar-refractivity contribution is 5.94. The van der Waals surface area contributed by atoms with Crippen LogP contribution in [0.15, 0.2) is 42.6 Å². The van der Waals surface area contributed by atoms with E-state index in [1.165, 1.54) is 0 Å². The number of pyridine rings is 1. The van der Waals surface area contributed by atoms with E-state index < -0.39 is 0 Å². The van der Waals surface area contributed by atoms with Gasteiger partial charge >= 0.3 is 0 Å². The largest absolute Gasteiger partial charge is 0.497 e. The van der Waals surface area contributed by atoms with Crippen molar-refractivity contribution in [1.82, 2.24) is 10.3 Å². The maximum atomic E-state index is 12.1. The van der Waals surface area contributed by atoms with Gasteiger partial charge in [0.2, 0.25) is 0 Å². The van der Waals surface area contributed by atoms with E-state index in [2.05, 4.69) is 29.5 Å². The number of carbonyl (C=O) groups is 1. The first-order chi connectivity index (χ1) is 11.6. The number of anilines is 1. The van der Waals surface area contributed by atoms with Crippen LogP contribution >= 0.6 is 0 Å². The molecule has 0 spiro atoms. The first-order valence-corrected chi connectivity index (χ1v) is 8.26. The van der Waals surface area contributed by atoms with E-state index in [4.69, 9.17) is 4.74 Å². The zero-order valence-corrected chi connectivity index (χ0v) is 14.5. The van der Waals surface area contributed by atoms with E-state index in [0.29, 0.717) is 18.2 Å². The fourth-order valence-corrected chi connectivity index (χ4v) is 2.18. The van der Waals surface area contributed by atoms with Crippen molar-refractivity contribution in [2.24, 2.45) is 0 Å². The molecule has 0 bridgehead atoms. The summed E-state index contributed by atoms with van der Waals surface area (Å²) in [5, 5.41) is 6.20. The summed E-state index contributed by atoms with van der Waals surface area (Å²) < 4.78 is 5.13. The maximum Gasteiger partial charge on any atom is 0.252 e. The zero-order valence-electron chi connectivity index (χ0n) is 14.5. The van der Waals surface area contributed by atoms with Gasteiger partial charge in [-0.3, -0.25) is 4.79 Å². The van der Waals surface area contributed by atoms with Crippen LogP contribution in [-0.4, -0.2) is 30.6 Å². The number of carbonyl (C=O) groups excluding carboxylic acids is 1. The second kappa shape index (κ2) is 8.91. The van der Waals surface area contributed by atoms with Crippen molar-refractivity contribution in [2.75, 3.05) is 19.0 Å². The minimum Gasteiger partial charge on any atom is -0.497 e. The van der Waals surface area contributed by atoms with E-state index >= 15 is 0 Å². The third-order valence-electron chi connectivity index (χ3n) is 3.89. The van der Waals surface area contributed by atoms with Crippen molar-refractivity contribution in [3.63, 3.8) is 0 Å². The molecule has 0 aliphatic carbocycles. The summed E-state index contributed by atoms with van der Waals surface area (Å²) in [5.41, 5.74) is 1.72. The van der Waals surface area contributed by atoms with Gasteiger partial charge in [0.1, 0.15) is 11.6 Å². The molecular weight excluding hydrogens is 302 g/mol. The predicted octanol–water partition coefficient (Wildman–Crippen LogP) is 3.27. The highest BCUT2D eigenvalue weighted by atomic mass is 16.5. The lowest BCUT2D eigenvalue weighted by molar-refractivity contribution is 0.0954. The van der Waals surface area contributed by atoms with Crippen molar-refractivity contribution < 1.29 is 9.53 Å². The highest BCUT2D eigenvalue weighted by Crippen LogP contribution is 2.11. The molecule has 1 atom stereocenters.